The minimum absolute atomic E-state index is 0.0679. The normalized spacial score (nSPS) is 10.1. The number of rotatable bonds is 6. The maximum absolute atomic E-state index is 12.0. The van der Waals surface area contributed by atoms with Crippen molar-refractivity contribution in [2.75, 3.05) is 11.9 Å². The number of anilines is 1. The predicted octanol–water partition coefficient (Wildman–Crippen LogP) is 3.04. The van der Waals surface area contributed by atoms with Gasteiger partial charge >= 0.3 is 5.69 Å². The zero-order valence-corrected chi connectivity index (χ0v) is 13.2. The Labute approximate surface area is 138 Å². The average Bonchev–Trinajstić information content (AvgIpc) is 2.57. The summed E-state index contributed by atoms with van der Waals surface area (Å²) in [7, 11) is 0. The van der Waals surface area contributed by atoms with Gasteiger partial charge in [0.1, 0.15) is 6.29 Å². The fourth-order valence-corrected chi connectivity index (χ4v) is 2.09. The Kier molecular flexibility index (Phi) is 5.26. The first kappa shape index (κ1) is 17.1. The van der Waals surface area contributed by atoms with Crippen LogP contribution in [0.15, 0.2) is 36.4 Å². The molecule has 1 amide bonds. The number of carbonyl (C=O) groups is 2. The summed E-state index contributed by atoms with van der Waals surface area (Å²) in [6, 6.07) is 9.30. The number of nitrogens with zero attached hydrogens (tertiary/aromatic N) is 1. The second-order valence-electron chi connectivity index (χ2n) is 5.19. The lowest BCUT2D eigenvalue weighted by Gasteiger charge is -2.11. The highest BCUT2D eigenvalue weighted by molar-refractivity contribution is 5.92. The van der Waals surface area contributed by atoms with Crippen LogP contribution in [0.3, 0.4) is 0 Å². The first-order valence-corrected chi connectivity index (χ1v) is 7.15. The van der Waals surface area contributed by atoms with Crippen molar-refractivity contribution >= 4 is 23.6 Å². The lowest BCUT2D eigenvalue weighted by atomic mass is 10.1. The van der Waals surface area contributed by atoms with Gasteiger partial charge in [-0.05, 0) is 43.2 Å². The van der Waals surface area contributed by atoms with Crippen molar-refractivity contribution < 1.29 is 19.2 Å². The van der Waals surface area contributed by atoms with E-state index in [2.05, 4.69) is 5.32 Å². The van der Waals surface area contributed by atoms with Crippen LogP contribution in [0.1, 0.15) is 21.5 Å². The van der Waals surface area contributed by atoms with Gasteiger partial charge in [-0.25, -0.2) is 0 Å². The Bertz CT molecular complexity index is 802. The van der Waals surface area contributed by atoms with Crippen LogP contribution in [-0.4, -0.2) is 23.7 Å². The molecular weight excluding hydrogens is 312 g/mol. The van der Waals surface area contributed by atoms with Gasteiger partial charge in [0.05, 0.1) is 4.92 Å². The second-order valence-corrected chi connectivity index (χ2v) is 5.19. The van der Waals surface area contributed by atoms with E-state index in [0.29, 0.717) is 12.0 Å². The summed E-state index contributed by atoms with van der Waals surface area (Å²) >= 11 is 0. The van der Waals surface area contributed by atoms with Gasteiger partial charge in [0, 0.05) is 17.3 Å². The van der Waals surface area contributed by atoms with Crippen molar-refractivity contribution in [1.29, 1.82) is 0 Å². The third-order valence-corrected chi connectivity index (χ3v) is 3.55. The molecule has 2 aromatic carbocycles. The summed E-state index contributed by atoms with van der Waals surface area (Å²) in [6.07, 6.45) is 0.504. The van der Waals surface area contributed by atoms with Crippen LogP contribution in [0.5, 0.6) is 5.75 Å². The van der Waals surface area contributed by atoms with Gasteiger partial charge in [0.2, 0.25) is 0 Å². The van der Waals surface area contributed by atoms with Crippen molar-refractivity contribution in [1.82, 2.24) is 0 Å². The predicted molar refractivity (Wildman–Crippen MR) is 88.5 cm³/mol. The lowest BCUT2D eigenvalue weighted by Crippen LogP contribution is -2.21. The van der Waals surface area contributed by atoms with E-state index >= 15 is 0 Å². The number of nitrogens with one attached hydrogen (secondary N) is 1. The second kappa shape index (κ2) is 7.36. The van der Waals surface area contributed by atoms with Crippen LogP contribution in [0.25, 0.3) is 0 Å². The number of aldehydes is 1. The van der Waals surface area contributed by atoms with E-state index in [1.165, 1.54) is 12.1 Å². The zero-order chi connectivity index (χ0) is 17.7. The number of ether oxygens (including phenoxy) is 1. The molecule has 0 saturated heterocycles. The molecule has 0 aliphatic carbocycles. The van der Waals surface area contributed by atoms with E-state index in [1.54, 1.807) is 6.07 Å². The number of nitro groups is 1. The molecule has 0 bridgehead atoms. The number of hydrogen-bond donors (Lipinski definition) is 1. The molecule has 124 valence electrons. The van der Waals surface area contributed by atoms with Gasteiger partial charge < -0.3 is 10.1 Å². The van der Waals surface area contributed by atoms with Gasteiger partial charge in [-0.15, -0.1) is 0 Å². The van der Waals surface area contributed by atoms with Gasteiger partial charge in [-0.3, -0.25) is 19.7 Å². The van der Waals surface area contributed by atoms with Crippen LogP contribution in [0.4, 0.5) is 11.4 Å². The summed E-state index contributed by atoms with van der Waals surface area (Å²) in [6.45, 7) is 3.43. The van der Waals surface area contributed by atoms with Crippen LogP contribution in [-0.2, 0) is 4.79 Å². The Hall–Kier alpha value is -3.22. The molecule has 1 N–H and O–H groups in total. The van der Waals surface area contributed by atoms with Crippen molar-refractivity contribution in [3.63, 3.8) is 0 Å². The molecule has 0 fully saturated rings. The third-order valence-electron chi connectivity index (χ3n) is 3.55. The molecule has 7 nitrogen and oxygen atoms in total. The highest BCUT2D eigenvalue weighted by Crippen LogP contribution is 2.27. The number of nitro benzene ring substituents is 1. The van der Waals surface area contributed by atoms with E-state index in [1.807, 2.05) is 26.0 Å². The first-order valence-electron chi connectivity index (χ1n) is 7.15. The Balaban J connectivity index is 2.08. The van der Waals surface area contributed by atoms with Crippen LogP contribution in [0.2, 0.25) is 0 Å². The molecule has 0 spiro atoms. The molecule has 24 heavy (non-hydrogen) atoms. The summed E-state index contributed by atoms with van der Waals surface area (Å²) in [5.41, 5.74) is 2.43. The smallest absolute Gasteiger partial charge is 0.311 e. The Morgan fingerprint density at radius 2 is 2.04 bits per heavy atom. The van der Waals surface area contributed by atoms with E-state index < -0.39 is 10.8 Å². The van der Waals surface area contributed by atoms with Crippen molar-refractivity contribution in [3.05, 3.63) is 63.2 Å². The number of carbonyl (C=O) groups excluding carboxylic acids is 2. The number of aryl methyl sites for hydroxylation is 1. The van der Waals surface area contributed by atoms with Gasteiger partial charge in [0.15, 0.2) is 12.4 Å². The fourth-order valence-electron chi connectivity index (χ4n) is 2.09. The van der Waals surface area contributed by atoms with E-state index in [-0.39, 0.29) is 23.6 Å². The summed E-state index contributed by atoms with van der Waals surface area (Å²) in [4.78, 5) is 33.0. The molecule has 0 atom stereocenters. The van der Waals surface area contributed by atoms with Gasteiger partial charge in [-0.2, -0.15) is 0 Å². The van der Waals surface area contributed by atoms with Crippen molar-refractivity contribution in [3.8, 4) is 5.75 Å². The molecule has 0 radical (unpaired) electrons. The molecule has 0 saturated carbocycles. The number of amides is 1. The zero-order valence-electron chi connectivity index (χ0n) is 13.2. The molecule has 0 aliphatic heterocycles. The topological polar surface area (TPSA) is 98.5 Å². The largest absolute Gasteiger partial charge is 0.477 e. The quantitative estimate of drug-likeness (QED) is 0.499. The van der Waals surface area contributed by atoms with E-state index in [9.17, 15) is 19.7 Å². The SMILES string of the molecule is Cc1cccc(NC(=O)COc2ccc(C=O)cc2[N+](=O)[O-])c1C. The molecule has 2 aromatic rings. The maximum atomic E-state index is 12.0. The van der Waals surface area contributed by atoms with Crippen LogP contribution >= 0.6 is 0 Å². The summed E-state index contributed by atoms with van der Waals surface area (Å²) in [5, 5.41) is 13.7. The average molecular weight is 328 g/mol. The van der Waals surface area contributed by atoms with Gasteiger partial charge in [-0.1, -0.05) is 12.1 Å². The summed E-state index contributed by atoms with van der Waals surface area (Å²) < 4.78 is 5.23. The molecule has 0 unspecified atom stereocenters. The minimum atomic E-state index is -0.662. The Morgan fingerprint density at radius 3 is 2.71 bits per heavy atom. The molecule has 0 aromatic heterocycles. The standard InChI is InChI=1S/C17H16N2O5/c1-11-4-3-5-14(12(11)2)18-17(21)10-24-16-7-6-13(9-20)8-15(16)19(22)23/h3-9H,10H2,1-2H3,(H,18,21). The van der Waals surface area contributed by atoms with Gasteiger partial charge in [0.25, 0.3) is 5.91 Å². The molecule has 7 heteroatoms. The first-order chi connectivity index (χ1) is 11.4. The molecule has 2 rings (SSSR count). The van der Waals surface area contributed by atoms with Crippen molar-refractivity contribution in [2.45, 2.75) is 13.8 Å². The monoisotopic (exact) mass is 328 g/mol. The lowest BCUT2D eigenvalue weighted by molar-refractivity contribution is -0.385. The molecule has 0 heterocycles. The highest BCUT2D eigenvalue weighted by atomic mass is 16.6. The van der Waals surface area contributed by atoms with E-state index in [0.717, 1.165) is 17.2 Å². The highest BCUT2D eigenvalue weighted by Gasteiger charge is 2.17. The summed E-state index contributed by atoms with van der Waals surface area (Å²) in [5.74, 6) is -0.501. The minimum Gasteiger partial charge on any atom is -0.477 e. The van der Waals surface area contributed by atoms with E-state index in [4.69, 9.17) is 4.74 Å². The fraction of sp³-hybridized carbons (Fsp3) is 0.176. The molecule has 0 aliphatic rings. The third kappa shape index (κ3) is 3.95. The number of hydrogen-bond acceptors (Lipinski definition) is 5. The van der Waals surface area contributed by atoms with Crippen LogP contribution in [0, 0.1) is 24.0 Å². The maximum Gasteiger partial charge on any atom is 0.311 e. The number of benzene rings is 2. The molecular formula is C17H16N2O5. The van der Waals surface area contributed by atoms with Crippen molar-refractivity contribution in [2.24, 2.45) is 0 Å². The Morgan fingerprint density at radius 1 is 1.29 bits per heavy atom. The van der Waals surface area contributed by atoms with Crippen LogP contribution < -0.4 is 10.1 Å².